The number of fused-ring (bicyclic) bond motifs is 1. The molecule has 0 spiro atoms. The van der Waals surface area contributed by atoms with E-state index in [4.69, 9.17) is 0 Å². The van der Waals surface area contributed by atoms with Crippen LogP contribution in [-0.4, -0.2) is 53.7 Å². The van der Waals surface area contributed by atoms with Gasteiger partial charge in [-0.2, -0.15) is 5.10 Å². The van der Waals surface area contributed by atoms with E-state index in [-0.39, 0.29) is 11.8 Å². The Morgan fingerprint density at radius 1 is 1.24 bits per heavy atom. The minimum absolute atomic E-state index is 0.0828. The molecule has 0 aliphatic carbocycles. The van der Waals surface area contributed by atoms with Crippen molar-refractivity contribution >= 4 is 17.6 Å². The molecule has 0 bridgehead atoms. The summed E-state index contributed by atoms with van der Waals surface area (Å²) < 4.78 is 1.84. The molecule has 1 aromatic carbocycles. The predicted molar refractivity (Wildman–Crippen MR) is 95.4 cm³/mol. The molecule has 1 aromatic heterocycles. The molecule has 0 saturated carbocycles. The highest BCUT2D eigenvalue weighted by atomic mass is 16.2. The third-order valence-corrected chi connectivity index (χ3v) is 4.21. The number of hydrogen-bond acceptors (Lipinski definition) is 4. The largest absolute Gasteiger partial charge is 0.351 e. The topological polar surface area (TPSA) is 70.5 Å². The van der Waals surface area contributed by atoms with Gasteiger partial charge in [0.05, 0.1) is 19.3 Å². The van der Waals surface area contributed by atoms with Crippen molar-refractivity contribution in [2.45, 2.75) is 19.5 Å². The Balaban J connectivity index is 1.63. The summed E-state index contributed by atoms with van der Waals surface area (Å²) in [6, 6.07) is 9.23. The van der Waals surface area contributed by atoms with E-state index in [1.807, 2.05) is 41.9 Å². The van der Waals surface area contributed by atoms with E-state index in [1.54, 1.807) is 23.2 Å². The first-order valence-corrected chi connectivity index (χ1v) is 8.38. The lowest BCUT2D eigenvalue weighted by Crippen LogP contribution is -2.37. The molecule has 7 heteroatoms. The molecule has 132 valence electrons. The van der Waals surface area contributed by atoms with Gasteiger partial charge in [-0.05, 0) is 31.8 Å². The Labute approximate surface area is 147 Å². The molecular formula is C18H23N5O2. The van der Waals surface area contributed by atoms with Crippen molar-refractivity contribution in [3.63, 3.8) is 0 Å². The number of carbonyl (C=O) groups excluding carboxylic acids is 2. The fourth-order valence-corrected chi connectivity index (χ4v) is 2.80. The summed E-state index contributed by atoms with van der Waals surface area (Å²) >= 11 is 0. The van der Waals surface area contributed by atoms with E-state index in [1.165, 1.54) is 0 Å². The van der Waals surface area contributed by atoms with Crippen LogP contribution in [0.4, 0.5) is 5.82 Å². The van der Waals surface area contributed by atoms with Crippen LogP contribution < -0.4 is 10.2 Å². The molecule has 0 fully saturated rings. The smallest absolute Gasteiger partial charge is 0.251 e. The Morgan fingerprint density at radius 3 is 2.72 bits per heavy atom. The molecule has 0 radical (unpaired) electrons. The van der Waals surface area contributed by atoms with Gasteiger partial charge in [0.1, 0.15) is 5.82 Å². The van der Waals surface area contributed by atoms with Crippen LogP contribution in [0.3, 0.4) is 0 Å². The third-order valence-electron chi connectivity index (χ3n) is 4.21. The molecule has 1 aliphatic rings. The van der Waals surface area contributed by atoms with Crippen LogP contribution in [0.2, 0.25) is 0 Å². The summed E-state index contributed by atoms with van der Waals surface area (Å²) in [4.78, 5) is 28.1. The zero-order valence-corrected chi connectivity index (χ0v) is 14.6. The number of nitrogens with one attached hydrogen (secondary N) is 1. The lowest BCUT2D eigenvalue weighted by Gasteiger charge is -2.27. The number of aromatic nitrogens is 2. The van der Waals surface area contributed by atoms with Crippen LogP contribution in [0.5, 0.6) is 0 Å². The van der Waals surface area contributed by atoms with Gasteiger partial charge in [0.15, 0.2) is 0 Å². The average Bonchev–Trinajstić information content (AvgIpc) is 3.06. The van der Waals surface area contributed by atoms with Crippen molar-refractivity contribution in [2.75, 3.05) is 32.1 Å². The minimum Gasteiger partial charge on any atom is -0.351 e. The lowest BCUT2D eigenvalue weighted by molar-refractivity contribution is -0.119. The Morgan fingerprint density at radius 2 is 2.00 bits per heavy atom. The van der Waals surface area contributed by atoms with E-state index in [2.05, 4.69) is 10.4 Å². The van der Waals surface area contributed by atoms with Crippen molar-refractivity contribution in [3.8, 4) is 0 Å². The van der Waals surface area contributed by atoms with Crippen molar-refractivity contribution in [1.82, 2.24) is 20.0 Å². The van der Waals surface area contributed by atoms with Gasteiger partial charge in [0.25, 0.3) is 5.91 Å². The van der Waals surface area contributed by atoms with Crippen molar-refractivity contribution in [3.05, 3.63) is 47.7 Å². The zero-order chi connectivity index (χ0) is 17.8. The Bertz CT molecular complexity index is 751. The highest BCUT2D eigenvalue weighted by Crippen LogP contribution is 2.22. The van der Waals surface area contributed by atoms with Crippen molar-refractivity contribution < 1.29 is 9.59 Å². The SMILES string of the molecule is CN(C)CCNC(=O)c1ccc(CN2C(=O)CCn3nccc32)cc1. The van der Waals surface area contributed by atoms with Crippen molar-refractivity contribution in [1.29, 1.82) is 0 Å². The molecule has 0 saturated heterocycles. The van der Waals surface area contributed by atoms with Crippen LogP contribution in [0.25, 0.3) is 0 Å². The normalized spacial score (nSPS) is 13.9. The molecule has 25 heavy (non-hydrogen) atoms. The maximum atomic E-state index is 12.2. The minimum atomic E-state index is -0.0828. The summed E-state index contributed by atoms with van der Waals surface area (Å²) in [6.07, 6.45) is 2.17. The fourth-order valence-electron chi connectivity index (χ4n) is 2.80. The van der Waals surface area contributed by atoms with Gasteiger partial charge in [-0.3, -0.25) is 14.5 Å². The molecular weight excluding hydrogens is 318 g/mol. The van der Waals surface area contributed by atoms with Gasteiger partial charge in [-0.1, -0.05) is 12.1 Å². The van der Waals surface area contributed by atoms with Gasteiger partial charge >= 0.3 is 0 Å². The molecule has 1 N–H and O–H groups in total. The second-order valence-corrected chi connectivity index (χ2v) is 6.40. The Hall–Kier alpha value is -2.67. The first-order chi connectivity index (χ1) is 12.0. The molecule has 2 heterocycles. The first-order valence-electron chi connectivity index (χ1n) is 8.38. The van der Waals surface area contributed by atoms with E-state index in [0.29, 0.717) is 31.6 Å². The lowest BCUT2D eigenvalue weighted by atomic mass is 10.1. The highest BCUT2D eigenvalue weighted by Gasteiger charge is 2.24. The van der Waals surface area contributed by atoms with Gasteiger partial charge in [0.2, 0.25) is 5.91 Å². The van der Waals surface area contributed by atoms with Crippen LogP contribution >= 0.6 is 0 Å². The predicted octanol–water partition coefficient (Wildman–Crippen LogP) is 1.11. The van der Waals surface area contributed by atoms with Gasteiger partial charge in [-0.15, -0.1) is 0 Å². The van der Waals surface area contributed by atoms with Gasteiger partial charge in [-0.25, -0.2) is 4.68 Å². The van der Waals surface area contributed by atoms with E-state index in [0.717, 1.165) is 17.9 Å². The summed E-state index contributed by atoms with van der Waals surface area (Å²) in [5, 5.41) is 7.12. The molecule has 0 unspecified atom stereocenters. The standard InChI is InChI=1S/C18H23N5O2/c1-21(2)12-10-19-18(25)15-5-3-14(4-6-15)13-22-16-7-9-20-23(16)11-8-17(22)24/h3-7,9H,8,10-13H2,1-2H3,(H,19,25). The maximum absolute atomic E-state index is 12.2. The number of anilines is 1. The van der Waals surface area contributed by atoms with Crippen LogP contribution in [0, 0.1) is 0 Å². The number of rotatable bonds is 6. The summed E-state index contributed by atoms with van der Waals surface area (Å²) in [5.41, 5.74) is 1.60. The van der Waals surface area contributed by atoms with E-state index in [9.17, 15) is 9.59 Å². The number of amides is 2. The second-order valence-electron chi connectivity index (χ2n) is 6.40. The summed E-state index contributed by atoms with van der Waals surface area (Å²) in [5.74, 6) is 0.834. The zero-order valence-electron chi connectivity index (χ0n) is 14.6. The van der Waals surface area contributed by atoms with Gasteiger partial charge in [0, 0.05) is 31.1 Å². The van der Waals surface area contributed by atoms with E-state index < -0.39 is 0 Å². The number of nitrogens with zero attached hydrogens (tertiary/aromatic N) is 4. The molecule has 0 atom stereocenters. The molecule has 1 aliphatic heterocycles. The van der Waals surface area contributed by atoms with Crippen LogP contribution in [-0.2, 0) is 17.9 Å². The summed E-state index contributed by atoms with van der Waals surface area (Å²) in [7, 11) is 3.93. The fraction of sp³-hybridized carbons (Fsp3) is 0.389. The number of hydrogen-bond donors (Lipinski definition) is 1. The number of likely N-dealkylation sites (N-methyl/N-ethyl adjacent to an activating group) is 1. The molecule has 2 amide bonds. The average molecular weight is 341 g/mol. The number of benzene rings is 1. The molecule has 7 nitrogen and oxygen atoms in total. The third kappa shape index (κ3) is 4.06. The monoisotopic (exact) mass is 341 g/mol. The van der Waals surface area contributed by atoms with Crippen LogP contribution in [0.1, 0.15) is 22.3 Å². The van der Waals surface area contributed by atoms with Crippen LogP contribution in [0.15, 0.2) is 36.5 Å². The summed E-state index contributed by atoms with van der Waals surface area (Å²) in [6.45, 7) is 2.52. The van der Waals surface area contributed by atoms with Gasteiger partial charge < -0.3 is 10.2 Å². The van der Waals surface area contributed by atoms with Crippen molar-refractivity contribution in [2.24, 2.45) is 0 Å². The number of carbonyl (C=O) groups is 2. The molecule has 3 rings (SSSR count). The molecule has 2 aromatic rings. The van der Waals surface area contributed by atoms with E-state index >= 15 is 0 Å². The highest BCUT2D eigenvalue weighted by molar-refractivity contribution is 5.95. The first kappa shape index (κ1) is 17.2. The number of aryl methyl sites for hydroxylation is 1. The second kappa shape index (κ2) is 7.48. The quantitative estimate of drug-likeness (QED) is 0.854. The Kier molecular flexibility index (Phi) is 5.14. The maximum Gasteiger partial charge on any atom is 0.251 e.